The van der Waals surface area contributed by atoms with Crippen molar-refractivity contribution in [2.24, 2.45) is 0 Å². The van der Waals surface area contributed by atoms with E-state index in [4.69, 9.17) is 0 Å². The molecule has 1 aliphatic heterocycles. The Labute approximate surface area is 124 Å². The molecular weight excluding hydrogens is 272 g/mol. The third-order valence-corrected chi connectivity index (χ3v) is 22.1. The Morgan fingerprint density at radius 3 is 1.30 bits per heavy atom. The molecule has 0 N–H and O–H groups in total. The fourth-order valence-electron chi connectivity index (χ4n) is 4.14. The first-order valence-electron chi connectivity index (χ1n) is 7.86. The SMILES string of the molecule is CC[Si]1(c2ccccc2)C[Si](CC)(c2ccccc2)C1. The predicted octanol–water partition coefficient (Wildman–Crippen LogP) is 3.83. The lowest BCUT2D eigenvalue weighted by atomic mass is 10.4. The Morgan fingerprint density at radius 2 is 1.00 bits per heavy atom. The monoisotopic (exact) mass is 296 g/mol. The molecule has 0 saturated carbocycles. The van der Waals surface area contributed by atoms with Gasteiger partial charge in [0.2, 0.25) is 0 Å². The van der Waals surface area contributed by atoms with Crippen LogP contribution in [0.15, 0.2) is 60.7 Å². The first-order valence-corrected chi connectivity index (χ1v) is 13.1. The minimum atomic E-state index is -1.17. The lowest BCUT2D eigenvalue weighted by molar-refractivity contribution is 1.20. The molecule has 3 rings (SSSR count). The molecule has 1 aliphatic rings. The minimum absolute atomic E-state index is 1.17. The minimum Gasteiger partial charge on any atom is -0.0675 e. The maximum Gasteiger partial charge on any atom is 0.0819 e. The molecule has 1 saturated heterocycles. The van der Waals surface area contributed by atoms with Crippen LogP contribution in [-0.4, -0.2) is 16.1 Å². The van der Waals surface area contributed by atoms with Crippen LogP contribution in [0, 0.1) is 0 Å². The van der Waals surface area contributed by atoms with Crippen molar-refractivity contribution in [2.75, 3.05) is 0 Å². The molecular formula is C18H24Si2. The summed E-state index contributed by atoms with van der Waals surface area (Å²) in [6.45, 7) is 4.86. The molecule has 2 aromatic rings. The van der Waals surface area contributed by atoms with Crippen LogP contribution in [0.5, 0.6) is 0 Å². The van der Waals surface area contributed by atoms with Gasteiger partial charge in [-0.25, -0.2) is 0 Å². The number of benzene rings is 2. The van der Waals surface area contributed by atoms with Gasteiger partial charge in [0.15, 0.2) is 0 Å². The van der Waals surface area contributed by atoms with Crippen LogP contribution in [0.4, 0.5) is 0 Å². The van der Waals surface area contributed by atoms with Gasteiger partial charge in [0.05, 0.1) is 16.1 Å². The molecule has 0 radical (unpaired) electrons. The van der Waals surface area contributed by atoms with Gasteiger partial charge in [0.25, 0.3) is 0 Å². The van der Waals surface area contributed by atoms with Gasteiger partial charge in [-0.15, -0.1) is 0 Å². The zero-order valence-electron chi connectivity index (χ0n) is 12.6. The van der Waals surface area contributed by atoms with E-state index in [0.29, 0.717) is 0 Å². The highest BCUT2D eigenvalue weighted by Gasteiger charge is 2.56. The highest BCUT2D eigenvalue weighted by molar-refractivity contribution is 7.23. The van der Waals surface area contributed by atoms with E-state index in [1.54, 1.807) is 21.7 Å². The van der Waals surface area contributed by atoms with Crippen molar-refractivity contribution in [1.82, 2.24) is 0 Å². The molecule has 104 valence electrons. The van der Waals surface area contributed by atoms with Gasteiger partial charge in [0, 0.05) is 0 Å². The molecule has 0 atom stereocenters. The molecule has 0 spiro atoms. The van der Waals surface area contributed by atoms with Gasteiger partial charge in [-0.05, 0) is 0 Å². The van der Waals surface area contributed by atoms with Crippen molar-refractivity contribution in [2.45, 2.75) is 37.3 Å². The standard InChI is InChI=1S/C18H24Si2/c1-3-19(17-11-7-5-8-12-17)15-20(4-2,16-19)18-13-9-6-10-14-18/h5-14H,3-4,15-16H2,1-2H3. The van der Waals surface area contributed by atoms with Gasteiger partial charge in [-0.2, -0.15) is 0 Å². The average Bonchev–Trinajstić information content (AvgIpc) is 2.50. The van der Waals surface area contributed by atoms with Crippen molar-refractivity contribution in [3.8, 4) is 0 Å². The van der Waals surface area contributed by atoms with Crippen LogP contribution >= 0.6 is 0 Å². The highest BCUT2D eigenvalue weighted by Crippen LogP contribution is 2.44. The quantitative estimate of drug-likeness (QED) is 0.752. The predicted molar refractivity (Wildman–Crippen MR) is 94.2 cm³/mol. The summed E-state index contributed by atoms with van der Waals surface area (Å²) in [7, 11) is -2.34. The maximum absolute atomic E-state index is 2.43. The molecule has 0 bridgehead atoms. The van der Waals surface area contributed by atoms with E-state index < -0.39 is 16.1 Å². The van der Waals surface area contributed by atoms with Crippen molar-refractivity contribution in [3.05, 3.63) is 60.7 Å². The molecule has 0 aliphatic carbocycles. The highest BCUT2D eigenvalue weighted by atomic mass is 28.5. The Balaban J connectivity index is 1.91. The fraction of sp³-hybridized carbons (Fsp3) is 0.333. The largest absolute Gasteiger partial charge is 0.0819 e. The van der Waals surface area contributed by atoms with Gasteiger partial charge in [-0.1, -0.05) is 108 Å². The summed E-state index contributed by atoms with van der Waals surface area (Å²) in [5.41, 5.74) is 3.14. The fourth-order valence-corrected chi connectivity index (χ4v) is 24.0. The first-order chi connectivity index (χ1) is 9.75. The van der Waals surface area contributed by atoms with Crippen molar-refractivity contribution >= 4 is 26.5 Å². The summed E-state index contributed by atoms with van der Waals surface area (Å²) in [6, 6.07) is 25.7. The van der Waals surface area contributed by atoms with E-state index >= 15 is 0 Å². The summed E-state index contributed by atoms with van der Waals surface area (Å²) in [4.78, 5) is 0. The van der Waals surface area contributed by atoms with Crippen LogP contribution in [-0.2, 0) is 0 Å². The smallest absolute Gasteiger partial charge is 0.0675 e. The van der Waals surface area contributed by atoms with Crippen LogP contribution < -0.4 is 10.4 Å². The lowest BCUT2D eigenvalue weighted by Crippen LogP contribution is -2.72. The van der Waals surface area contributed by atoms with Gasteiger partial charge < -0.3 is 0 Å². The molecule has 0 amide bonds. The van der Waals surface area contributed by atoms with Gasteiger partial charge in [0.1, 0.15) is 0 Å². The number of hydrogen-bond acceptors (Lipinski definition) is 0. The van der Waals surface area contributed by atoms with E-state index in [-0.39, 0.29) is 0 Å². The van der Waals surface area contributed by atoms with E-state index in [0.717, 1.165) is 0 Å². The molecule has 2 heteroatoms. The second kappa shape index (κ2) is 5.34. The summed E-state index contributed by atoms with van der Waals surface area (Å²) in [5, 5.41) is 3.41. The molecule has 20 heavy (non-hydrogen) atoms. The Bertz CT molecular complexity index is 505. The van der Waals surface area contributed by atoms with Crippen LogP contribution in [0.3, 0.4) is 0 Å². The van der Waals surface area contributed by atoms with Crippen molar-refractivity contribution in [1.29, 1.82) is 0 Å². The molecule has 1 fully saturated rings. The number of rotatable bonds is 4. The zero-order chi connectivity index (χ0) is 14.1. The maximum atomic E-state index is 2.43. The van der Waals surface area contributed by atoms with Crippen molar-refractivity contribution < 1.29 is 0 Å². The second-order valence-electron chi connectivity index (χ2n) is 6.35. The van der Waals surface area contributed by atoms with Crippen molar-refractivity contribution in [3.63, 3.8) is 0 Å². The molecule has 2 aromatic carbocycles. The molecule has 0 aromatic heterocycles. The van der Waals surface area contributed by atoms with E-state index in [2.05, 4.69) is 74.5 Å². The Morgan fingerprint density at radius 1 is 0.650 bits per heavy atom. The normalized spacial score (nSPS) is 28.9. The zero-order valence-corrected chi connectivity index (χ0v) is 14.6. The van der Waals surface area contributed by atoms with Gasteiger partial charge >= 0.3 is 0 Å². The summed E-state index contributed by atoms with van der Waals surface area (Å²) in [5.74, 6) is 0. The summed E-state index contributed by atoms with van der Waals surface area (Å²) >= 11 is 0. The third kappa shape index (κ3) is 2.11. The Kier molecular flexibility index (Phi) is 3.69. The van der Waals surface area contributed by atoms with Crippen LogP contribution in [0.1, 0.15) is 13.8 Å². The third-order valence-electron chi connectivity index (χ3n) is 5.48. The Hall–Kier alpha value is -1.13. The summed E-state index contributed by atoms with van der Waals surface area (Å²) < 4.78 is 0. The molecule has 0 nitrogen and oxygen atoms in total. The topological polar surface area (TPSA) is 0 Å². The lowest BCUT2D eigenvalue weighted by Gasteiger charge is -2.54. The first kappa shape index (κ1) is 13.8. The van der Waals surface area contributed by atoms with E-state index in [1.165, 1.54) is 12.1 Å². The number of hydrogen-bond donors (Lipinski definition) is 0. The van der Waals surface area contributed by atoms with Gasteiger partial charge in [-0.3, -0.25) is 0 Å². The summed E-state index contributed by atoms with van der Waals surface area (Å²) in [6.07, 6.45) is 0. The van der Waals surface area contributed by atoms with E-state index in [9.17, 15) is 0 Å². The molecule has 0 unspecified atom stereocenters. The van der Waals surface area contributed by atoms with Crippen LogP contribution in [0.2, 0.25) is 23.4 Å². The second-order valence-corrected chi connectivity index (χ2v) is 16.9. The molecule has 1 heterocycles. The van der Waals surface area contributed by atoms with Crippen LogP contribution in [0.25, 0.3) is 0 Å². The van der Waals surface area contributed by atoms with E-state index in [1.807, 2.05) is 0 Å². The average molecular weight is 297 g/mol.